The van der Waals surface area contributed by atoms with E-state index in [0.29, 0.717) is 6.61 Å². The lowest BCUT2D eigenvalue weighted by atomic mass is 10.1. The fraction of sp³-hybridized carbons (Fsp3) is 0.750. The predicted molar refractivity (Wildman–Crippen MR) is 41.6 cm³/mol. The van der Waals surface area contributed by atoms with Crippen molar-refractivity contribution in [3.05, 3.63) is 0 Å². The molecule has 0 heterocycles. The van der Waals surface area contributed by atoms with Crippen LogP contribution in [0.4, 0.5) is 0 Å². The highest BCUT2D eigenvalue weighted by atomic mass is 16.5. The molecule has 0 aliphatic heterocycles. The monoisotopic (exact) mass is 168 g/mol. The third-order valence-corrected chi connectivity index (χ3v) is 1.51. The van der Waals surface area contributed by atoms with E-state index in [2.05, 4.69) is 4.74 Å². The van der Waals surface area contributed by atoms with E-state index in [1.807, 2.05) is 6.92 Å². The van der Waals surface area contributed by atoms with Gasteiger partial charge in [0.2, 0.25) is 0 Å². The van der Waals surface area contributed by atoms with Crippen molar-refractivity contribution in [3.63, 3.8) is 0 Å². The van der Waals surface area contributed by atoms with Crippen molar-refractivity contribution in [1.82, 2.24) is 0 Å². The van der Waals surface area contributed by atoms with Crippen molar-refractivity contribution in [2.24, 2.45) is 0 Å². The molecule has 0 aliphatic carbocycles. The average Bonchev–Trinajstić information content (AvgIpc) is 2.10. The van der Waals surface area contributed by atoms with Gasteiger partial charge in [-0.05, 0) is 19.3 Å². The van der Waals surface area contributed by atoms with Gasteiger partial charge in [-0.1, -0.05) is 6.92 Å². The zero-order valence-electron chi connectivity index (χ0n) is 7.12. The highest BCUT2D eigenvalue weighted by Gasteiger charge is 2.05. The van der Waals surface area contributed by atoms with E-state index in [1.54, 1.807) is 12.5 Å². The summed E-state index contributed by atoms with van der Waals surface area (Å²) < 4.78 is 9.21. The Balaban J connectivity index is 3.34. The molecule has 66 valence electrons. The summed E-state index contributed by atoms with van der Waals surface area (Å²) in [6.45, 7) is 2.36. The van der Waals surface area contributed by atoms with Gasteiger partial charge in [0.1, 0.15) is 12.7 Å². The van der Waals surface area contributed by atoms with Gasteiger partial charge in [-0.3, -0.25) is 0 Å². The molecule has 0 saturated heterocycles. The first-order chi connectivity index (χ1) is 5.85. The first kappa shape index (κ1) is 10.6. The zero-order chi connectivity index (χ0) is 9.23. The summed E-state index contributed by atoms with van der Waals surface area (Å²) in [6, 6.07) is 0. The summed E-state index contributed by atoms with van der Waals surface area (Å²) in [7, 11) is 0. The van der Waals surface area contributed by atoms with Crippen molar-refractivity contribution in [2.75, 3.05) is 6.61 Å². The van der Waals surface area contributed by atoms with Gasteiger partial charge in [-0.2, -0.15) is 10.5 Å². The van der Waals surface area contributed by atoms with E-state index in [-0.39, 0.29) is 6.10 Å². The van der Waals surface area contributed by atoms with Crippen LogP contribution in [-0.2, 0) is 9.47 Å². The van der Waals surface area contributed by atoms with Crippen LogP contribution < -0.4 is 0 Å². The minimum Gasteiger partial charge on any atom is -0.428 e. The van der Waals surface area contributed by atoms with Gasteiger partial charge in [-0.15, -0.1) is 0 Å². The molecule has 0 saturated carbocycles. The molecule has 4 heteroatoms. The number of nitriles is 2. The first-order valence-electron chi connectivity index (χ1n) is 3.90. The Labute approximate surface area is 72.3 Å². The topological polar surface area (TPSA) is 66.0 Å². The lowest BCUT2D eigenvalue weighted by Crippen LogP contribution is -2.09. The molecule has 4 nitrogen and oxygen atoms in total. The van der Waals surface area contributed by atoms with Crippen LogP contribution in [0.3, 0.4) is 0 Å². The molecule has 0 amide bonds. The van der Waals surface area contributed by atoms with Crippen molar-refractivity contribution < 1.29 is 9.47 Å². The van der Waals surface area contributed by atoms with Crippen LogP contribution in [0.1, 0.15) is 26.2 Å². The smallest absolute Gasteiger partial charge is 0.286 e. The second-order valence-corrected chi connectivity index (χ2v) is 2.32. The summed E-state index contributed by atoms with van der Waals surface area (Å²) in [4.78, 5) is 0. The Bertz CT molecular complexity index is 180. The van der Waals surface area contributed by atoms with Crippen LogP contribution in [0.25, 0.3) is 0 Å². The summed E-state index contributed by atoms with van der Waals surface area (Å²) in [5.41, 5.74) is 0. The third-order valence-electron chi connectivity index (χ3n) is 1.51. The number of hydrogen-bond acceptors (Lipinski definition) is 4. The molecule has 0 fully saturated rings. The lowest BCUT2D eigenvalue weighted by Gasteiger charge is -2.09. The Morgan fingerprint density at radius 1 is 1.33 bits per heavy atom. The molecule has 0 bridgehead atoms. The van der Waals surface area contributed by atoms with Crippen LogP contribution in [-0.4, -0.2) is 12.7 Å². The molecular formula is C8H12N2O2. The lowest BCUT2D eigenvalue weighted by molar-refractivity contribution is 0.134. The summed E-state index contributed by atoms with van der Waals surface area (Å²) in [5, 5.41) is 16.3. The highest BCUT2D eigenvalue weighted by Crippen LogP contribution is 2.05. The first-order valence-corrected chi connectivity index (χ1v) is 3.90. The molecule has 0 radical (unpaired) electrons. The normalized spacial score (nSPS) is 10.9. The standard InChI is InChI=1S/C8H12N2O2/c1-2-8(12-7-10)4-3-5-11-6-9/h8H,2-5H2,1H3. The Morgan fingerprint density at radius 3 is 2.58 bits per heavy atom. The minimum atomic E-state index is -0.0303. The predicted octanol–water partition coefficient (Wildman–Crippen LogP) is 1.54. The molecule has 0 aromatic heterocycles. The highest BCUT2D eigenvalue weighted by molar-refractivity contribution is 4.62. The van der Waals surface area contributed by atoms with Gasteiger partial charge in [0.05, 0.1) is 0 Å². The molecule has 1 unspecified atom stereocenters. The average molecular weight is 168 g/mol. The second-order valence-electron chi connectivity index (χ2n) is 2.32. The molecule has 0 spiro atoms. The fourth-order valence-electron chi connectivity index (χ4n) is 0.850. The quantitative estimate of drug-likeness (QED) is 0.445. The van der Waals surface area contributed by atoms with Gasteiger partial charge < -0.3 is 9.47 Å². The molecule has 0 rings (SSSR count). The van der Waals surface area contributed by atoms with Crippen LogP contribution >= 0.6 is 0 Å². The van der Waals surface area contributed by atoms with Crippen LogP contribution in [0.2, 0.25) is 0 Å². The van der Waals surface area contributed by atoms with Crippen LogP contribution in [0.15, 0.2) is 0 Å². The van der Waals surface area contributed by atoms with Gasteiger partial charge in [0, 0.05) is 0 Å². The van der Waals surface area contributed by atoms with Crippen molar-refractivity contribution >= 4 is 0 Å². The zero-order valence-corrected chi connectivity index (χ0v) is 7.12. The summed E-state index contributed by atoms with van der Waals surface area (Å²) >= 11 is 0. The Kier molecular flexibility index (Phi) is 6.78. The van der Waals surface area contributed by atoms with Gasteiger partial charge in [0.15, 0.2) is 0 Å². The van der Waals surface area contributed by atoms with Gasteiger partial charge in [-0.25, -0.2) is 0 Å². The van der Waals surface area contributed by atoms with Crippen molar-refractivity contribution in [1.29, 1.82) is 10.5 Å². The number of ether oxygens (including phenoxy) is 2. The van der Waals surface area contributed by atoms with Gasteiger partial charge >= 0.3 is 0 Å². The van der Waals surface area contributed by atoms with Gasteiger partial charge in [0.25, 0.3) is 12.5 Å². The molecule has 0 N–H and O–H groups in total. The maximum atomic E-state index is 8.21. The van der Waals surface area contributed by atoms with Crippen molar-refractivity contribution in [3.8, 4) is 12.5 Å². The molecule has 0 aromatic carbocycles. The number of hydrogen-bond donors (Lipinski definition) is 0. The summed E-state index contributed by atoms with van der Waals surface area (Å²) in [6.07, 6.45) is 5.51. The largest absolute Gasteiger partial charge is 0.428 e. The fourth-order valence-corrected chi connectivity index (χ4v) is 0.850. The van der Waals surface area contributed by atoms with Crippen LogP contribution in [0, 0.1) is 23.0 Å². The van der Waals surface area contributed by atoms with Crippen molar-refractivity contribution in [2.45, 2.75) is 32.3 Å². The Morgan fingerprint density at radius 2 is 2.08 bits per heavy atom. The second kappa shape index (κ2) is 7.68. The SMILES string of the molecule is CCC(CCCOC#N)OC#N. The van der Waals surface area contributed by atoms with E-state index >= 15 is 0 Å². The third kappa shape index (κ3) is 5.37. The molecule has 0 aromatic rings. The maximum absolute atomic E-state index is 8.21. The molecule has 12 heavy (non-hydrogen) atoms. The molecule has 0 aliphatic rings. The van der Waals surface area contributed by atoms with E-state index in [9.17, 15) is 0 Å². The molecule has 1 atom stereocenters. The molecular weight excluding hydrogens is 156 g/mol. The Hall–Kier alpha value is -1.42. The van der Waals surface area contributed by atoms with E-state index < -0.39 is 0 Å². The maximum Gasteiger partial charge on any atom is 0.286 e. The van der Waals surface area contributed by atoms with Crippen LogP contribution in [0.5, 0.6) is 0 Å². The number of rotatable bonds is 6. The van der Waals surface area contributed by atoms with E-state index in [0.717, 1.165) is 19.3 Å². The van der Waals surface area contributed by atoms with E-state index in [1.165, 1.54) is 0 Å². The number of nitrogens with zero attached hydrogens (tertiary/aromatic N) is 2. The van der Waals surface area contributed by atoms with E-state index in [4.69, 9.17) is 15.3 Å². The summed E-state index contributed by atoms with van der Waals surface area (Å²) in [5.74, 6) is 0. The minimum absolute atomic E-state index is 0.0303.